The molecule has 1 aromatic rings. The van der Waals surface area contributed by atoms with E-state index in [0.717, 1.165) is 37.3 Å². The largest absolute Gasteiger partial charge is 0.480 e. The van der Waals surface area contributed by atoms with Crippen LogP contribution in [0.2, 0.25) is 0 Å². The van der Waals surface area contributed by atoms with E-state index in [1.165, 1.54) is 0 Å². The van der Waals surface area contributed by atoms with Gasteiger partial charge in [0.15, 0.2) is 12.4 Å². The van der Waals surface area contributed by atoms with E-state index in [-0.39, 0.29) is 18.6 Å². The highest BCUT2D eigenvalue weighted by Gasteiger charge is 2.26. The number of hydrogen-bond donors (Lipinski definition) is 1. The average Bonchev–Trinajstić information content (AvgIpc) is 2.70. The Morgan fingerprint density at radius 2 is 2.24 bits per heavy atom. The van der Waals surface area contributed by atoms with Crippen molar-refractivity contribution in [3.05, 3.63) is 11.4 Å². The lowest BCUT2D eigenvalue weighted by Crippen LogP contribution is -2.46. The molecule has 1 saturated heterocycles. The lowest BCUT2D eigenvalue weighted by molar-refractivity contribution is -0.135. The van der Waals surface area contributed by atoms with Crippen molar-refractivity contribution in [3.63, 3.8) is 0 Å². The van der Waals surface area contributed by atoms with Gasteiger partial charge >= 0.3 is 0 Å². The van der Waals surface area contributed by atoms with Gasteiger partial charge in [0.2, 0.25) is 0 Å². The van der Waals surface area contributed by atoms with Crippen LogP contribution in [0.5, 0.6) is 5.75 Å². The van der Waals surface area contributed by atoms with E-state index in [2.05, 4.69) is 5.10 Å². The highest BCUT2D eigenvalue weighted by Crippen LogP contribution is 2.22. The molecule has 1 aliphatic rings. The second kappa shape index (κ2) is 6.47. The van der Waals surface area contributed by atoms with E-state index in [1.54, 1.807) is 4.68 Å². The van der Waals surface area contributed by atoms with E-state index >= 15 is 0 Å². The molecular weight excluding hydrogens is 268 g/mol. The summed E-state index contributed by atoms with van der Waals surface area (Å²) in [5, 5.41) is 4.29. The number of hydrogen-bond acceptors (Lipinski definition) is 4. The van der Waals surface area contributed by atoms with Crippen molar-refractivity contribution in [2.24, 2.45) is 18.7 Å². The van der Waals surface area contributed by atoms with E-state index in [1.807, 2.05) is 32.7 Å². The number of rotatable bonds is 4. The molecule has 21 heavy (non-hydrogen) atoms. The minimum absolute atomic E-state index is 0.0306. The molecule has 2 rings (SSSR count). The summed E-state index contributed by atoms with van der Waals surface area (Å²) in [5.74, 6) is 1.14. The van der Waals surface area contributed by atoms with Gasteiger partial charge in [-0.1, -0.05) is 0 Å². The van der Waals surface area contributed by atoms with E-state index in [0.29, 0.717) is 11.7 Å². The number of nitrogens with zero attached hydrogens (tertiary/aromatic N) is 3. The maximum atomic E-state index is 12.3. The molecular formula is C15H26N4O2. The Bertz CT molecular complexity index is 510. The smallest absolute Gasteiger partial charge is 0.260 e. The Hall–Kier alpha value is -1.56. The highest BCUT2D eigenvalue weighted by molar-refractivity contribution is 5.78. The lowest BCUT2D eigenvalue weighted by Gasteiger charge is -2.34. The summed E-state index contributed by atoms with van der Waals surface area (Å²) in [7, 11) is 1.87. The minimum Gasteiger partial charge on any atom is -0.480 e. The van der Waals surface area contributed by atoms with Gasteiger partial charge in [0, 0.05) is 26.2 Å². The Balaban J connectivity index is 1.92. The zero-order valence-electron chi connectivity index (χ0n) is 13.4. The molecule has 1 aromatic heterocycles. The minimum atomic E-state index is 0.0306. The van der Waals surface area contributed by atoms with Gasteiger partial charge in [0.05, 0.1) is 5.69 Å². The van der Waals surface area contributed by atoms with Crippen LogP contribution in [-0.2, 0) is 11.8 Å². The summed E-state index contributed by atoms with van der Waals surface area (Å²) in [5.41, 5.74) is 7.71. The molecule has 0 aliphatic carbocycles. The summed E-state index contributed by atoms with van der Waals surface area (Å²) < 4.78 is 7.46. The molecule has 0 spiro atoms. The number of carbonyl (C=O) groups is 1. The monoisotopic (exact) mass is 294 g/mol. The first-order valence-electron chi connectivity index (χ1n) is 7.56. The first-order valence-corrected chi connectivity index (χ1v) is 7.56. The van der Waals surface area contributed by atoms with Gasteiger partial charge in [-0.15, -0.1) is 0 Å². The van der Waals surface area contributed by atoms with Crippen LogP contribution in [0.15, 0.2) is 0 Å². The number of carbonyl (C=O) groups excluding carboxylic acids is 1. The predicted molar refractivity (Wildman–Crippen MR) is 81.1 cm³/mol. The van der Waals surface area contributed by atoms with E-state index in [4.69, 9.17) is 10.5 Å². The molecule has 1 amide bonds. The fraction of sp³-hybridized carbons (Fsp3) is 0.733. The number of aryl methyl sites for hydroxylation is 2. The summed E-state index contributed by atoms with van der Waals surface area (Å²) in [4.78, 5) is 14.2. The van der Waals surface area contributed by atoms with Crippen LogP contribution in [0.4, 0.5) is 0 Å². The highest BCUT2D eigenvalue weighted by atomic mass is 16.5. The summed E-state index contributed by atoms with van der Waals surface area (Å²) in [6.45, 7) is 7.45. The first-order chi connectivity index (χ1) is 9.90. The molecule has 0 saturated carbocycles. The SMILES string of the molecule is Cc1nn(C)c(C)c1OCC(=O)N1CCC[C@@H]([C@@H](C)N)C1. The van der Waals surface area contributed by atoms with Gasteiger partial charge in [-0.25, -0.2) is 0 Å². The van der Waals surface area contributed by atoms with Crippen LogP contribution >= 0.6 is 0 Å². The molecule has 118 valence electrons. The Morgan fingerprint density at radius 3 is 2.81 bits per heavy atom. The van der Waals surface area contributed by atoms with Crippen molar-refractivity contribution in [3.8, 4) is 5.75 Å². The van der Waals surface area contributed by atoms with Gasteiger partial charge in [-0.2, -0.15) is 5.10 Å². The second-order valence-corrected chi connectivity index (χ2v) is 6.01. The van der Waals surface area contributed by atoms with Crippen LogP contribution < -0.4 is 10.5 Å². The van der Waals surface area contributed by atoms with Gasteiger partial charge in [0.25, 0.3) is 5.91 Å². The number of amides is 1. The van der Waals surface area contributed by atoms with E-state index in [9.17, 15) is 4.79 Å². The van der Waals surface area contributed by atoms with Crippen LogP contribution in [0.25, 0.3) is 0 Å². The Labute approximate surface area is 126 Å². The molecule has 6 nitrogen and oxygen atoms in total. The topological polar surface area (TPSA) is 73.4 Å². The Morgan fingerprint density at radius 1 is 1.52 bits per heavy atom. The standard InChI is InChI=1S/C15H26N4O2/c1-10(16)13-6-5-7-19(8-13)14(20)9-21-15-11(2)17-18(4)12(15)3/h10,13H,5-9,16H2,1-4H3/t10-,13-/m1/s1. The van der Waals surface area contributed by atoms with Gasteiger partial charge in [-0.05, 0) is 39.5 Å². The molecule has 1 fully saturated rings. The maximum absolute atomic E-state index is 12.3. The molecule has 6 heteroatoms. The predicted octanol–water partition coefficient (Wildman–Crippen LogP) is 1.00. The van der Waals surface area contributed by atoms with Crippen molar-refractivity contribution in [2.75, 3.05) is 19.7 Å². The average molecular weight is 294 g/mol. The third kappa shape index (κ3) is 3.56. The quantitative estimate of drug-likeness (QED) is 0.899. The second-order valence-electron chi connectivity index (χ2n) is 6.01. The molecule has 0 radical (unpaired) electrons. The molecule has 0 unspecified atom stereocenters. The number of nitrogens with two attached hydrogens (primary N) is 1. The van der Waals surface area contributed by atoms with Gasteiger partial charge in [0.1, 0.15) is 5.69 Å². The molecule has 2 N–H and O–H groups in total. The van der Waals surface area contributed by atoms with Crippen LogP contribution in [0.1, 0.15) is 31.2 Å². The van der Waals surface area contributed by atoms with Crippen LogP contribution in [0.3, 0.4) is 0 Å². The third-order valence-corrected chi connectivity index (χ3v) is 4.34. The van der Waals surface area contributed by atoms with E-state index < -0.39 is 0 Å². The number of piperidine rings is 1. The van der Waals surface area contributed by atoms with Crippen molar-refractivity contribution < 1.29 is 9.53 Å². The number of likely N-dealkylation sites (tertiary alicyclic amines) is 1. The van der Waals surface area contributed by atoms with Crippen molar-refractivity contribution >= 4 is 5.91 Å². The Kier molecular flexibility index (Phi) is 4.88. The normalized spacial score (nSPS) is 20.4. The van der Waals surface area contributed by atoms with Crippen molar-refractivity contribution in [2.45, 2.75) is 39.7 Å². The number of ether oxygens (including phenoxy) is 1. The zero-order chi connectivity index (χ0) is 15.6. The molecule has 0 bridgehead atoms. The zero-order valence-corrected chi connectivity index (χ0v) is 13.4. The maximum Gasteiger partial charge on any atom is 0.260 e. The lowest BCUT2D eigenvalue weighted by atomic mass is 9.92. The van der Waals surface area contributed by atoms with Crippen LogP contribution in [-0.4, -0.2) is 46.3 Å². The molecule has 2 atom stereocenters. The fourth-order valence-corrected chi connectivity index (χ4v) is 2.85. The van der Waals surface area contributed by atoms with Gasteiger partial charge in [-0.3, -0.25) is 9.48 Å². The summed E-state index contributed by atoms with van der Waals surface area (Å²) in [6, 6.07) is 0.129. The molecule has 1 aliphatic heterocycles. The summed E-state index contributed by atoms with van der Waals surface area (Å²) in [6.07, 6.45) is 2.12. The molecule has 2 heterocycles. The fourth-order valence-electron chi connectivity index (χ4n) is 2.85. The first kappa shape index (κ1) is 15.8. The van der Waals surface area contributed by atoms with Crippen molar-refractivity contribution in [1.82, 2.24) is 14.7 Å². The van der Waals surface area contributed by atoms with Gasteiger partial charge < -0.3 is 15.4 Å². The molecule has 0 aromatic carbocycles. The van der Waals surface area contributed by atoms with Crippen molar-refractivity contribution in [1.29, 1.82) is 0 Å². The third-order valence-electron chi connectivity index (χ3n) is 4.34. The summed E-state index contributed by atoms with van der Waals surface area (Å²) >= 11 is 0. The number of aromatic nitrogens is 2. The van der Waals surface area contributed by atoms with Crippen LogP contribution in [0, 0.1) is 19.8 Å².